The molecule has 0 bridgehead atoms. The van der Waals surface area contributed by atoms with Crippen molar-refractivity contribution in [1.82, 2.24) is 19.9 Å². The first-order chi connectivity index (χ1) is 27.5. The van der Waals surface area contributed by atoms with Crippen LogP contribution in [0.3, 0.4) is 0 Å². The Labute approximate surface area is 336 Å². The SMILES string of the molecule is CC1(C)c2ccc(-c3ccc(-c4cccc(-c5nc(-c6ccccc6)nc(-c6cc(-c7ccccc7)cc(-c7ccccc7)c6)n5)c4)cn3)cc2C(C)(C)C1(C)C. The maximum atomic E-state index is 5.18. The van der Waals surface area contributed by atoms with Crippen LogP contribution in [0.25, 0.3) is 78.8 Å². The number of aromatic nitrogens is 4. The number of hydrogen-bond donors (Lipinski definition) is 0. The molecule has 278 valence electrons. The van der Waals surface area contributed by atoms with Gasteiger partial charge in [-0.25, -0.2) is 15.0 Å². The number of rotatable bonds is 7. The summed E-state index contributed by atoms with van der Waals surface area (Å²) < 4.78 is 0. The van der Waals surface area contributed by atoms with Gasteiger partial charge in [-0.3, -0.25) is 4.98 Å². The minimum Gasteiger partial charge on any atom is -0.256 e. The van der Waals surface area contributed by atoms with E-state index in [-0.39, 0.29) is 16.2 Å². The van der Waals surface area contributed by atoms with E-state index in [1.54, 1.807) is 0 Å². The quantitative estimate of drug-likeness (QED) is 0.163. The molecule has 2 heterocycles. The lowest BCUT2D eigenvalue weighted by atomic mass is 9.59. The van der Waals surface area contributed by atoms with Crippen molar-refractivity contribution in [2.24, 2.45) is 5.41 Å². The molecule has 57 heavy (non-hydrogen) atoms. The first kappa shape index (κ1) is 36.1. The third-order valence-corrected chi connectivity index (χ3v) is 13.1. The topological polar surface area (TPSA) is 51.6 Å². The van der Waals surface area contributed by atoms with Gasteiger partial charge in [0.2, 0.25) is 0 Å². The molecule has 0 spiro atoms. The second-order valence-corrected chi connectivity index (χ2v) is 16.9. The first-order valence-corrected chi connectivity index (χ1v) is 19.8. The van der Waals surface area contributed by atoms with Crippen molar-refractivity contribution in [3.05, 3.63) is 181 Å². The molecular weight excluding hydrogens is 693 g/mol. The molecule has 0 saturated heterocycles. The number of hydrogen-bond acceptors (Lipinski definition) is 4. The molecular formula is C53H46N4. The van der Waals surface area contributed by atoms with Crippen LogP contribution in [-0.2, 0) is 10.8 Å². The molecule has 0 atom stereocenters. The third kappa shape index (κ3) is 6.36. The highest BCUT2D eigenvalue weighted by atomic mass is 15.0. The van der Waals surface area contributed by atoms with Crippen molar-refractivity contribution < 1.29 is 0 Å². The zero-order chi connectivity index (χ0) is 39.4. The van der Waals surface area contributed by atoms with Crippen molar-refractivity contribution in [1.29, 1.82) is 0 Å². The van der Waals surface area contributed by atoms with Crippen LogP contribution in [0.1, 0.15) is 52.7 Å². The minimum atomic E-state index is 0.0341. The largest absolute Gasteiger partial charge is 0.256 e. The Morgan fingerprint density at radius 3 is 1.35 bits per heavy atom. The summed E-state index contributed by atoms with van der Waals surface area (Å²) in [5.41, 5.74) is 14.5. The van der Waals surface area contributed by atoms with Crippen LogP contribution in [0, 0.1) is 5.41 Å². The van der Waals surface area contributed by atoms with Crippen molar-refractivity contribution in [3.8, 4) is 78.8 Å². The van der Waals surface area contributed by atoms with Crippen LogP contribution in [0.15, 0.2) is 170 Å². The van der Waals surface area contributed by atoms with Crippen LogP contribution < -0.4 is 0 Å². The molecule has 4 heteroatoms. The standard InChI is InChI=1S/C53H46N4/c1-51(2)45-27-25-39(33-46(45)52(3,4)53(51,5)6)47-28-26-41(34-54-47)38-23-16-24-40(29-38)49-55-48(37-21-14-9-15-22-37)56-50(57-49)44-31-42(35-17-10-7-11-18-35)30-43(32-44)36-19-12-8-13-20-36/h7-34H,1-6H3. The third-order valence-electron chi connectivity index (χ3n) is 13.1. The van der Waals surface area contributed by atoms with Crippen molar-refractivity contribution in [2.75, 3.05) is 0 Å². The summed E-state index contributed by atoms with van der Waals surface area (Å²) in [5.74, 6) is 1.86. The highest BCUT2D eigenvalue weighted by Gasteiger charge is 2.56. The molecule has 9 rings (SSSR count). The molecule has 0 N–H and O–H groups in total. The fourth-order valence-electron chi connectivity index (χ4n) is 8.50. The number of nitrogens with zero attached hydrogens (tertiary/aromatic N) is 4. The second kappa shape index (κ2) is 13.9. The lowest BCUT2D eigenvalue weighted by Crippen LogP contribution is -2.42. The summed E-state index contributed by atoms with van der Waals surface area (Å²) in [6.07, 6.45) is 1.98. The highest BCUT2D eigenvalue weighted by Crippen LogP contribution is 2.61. The maximum Gasteiger partial charge on any atom is 0.164 e. The second-order valence-electron chi connectivity index (χ2n) is 16.9. The molecule has 0 radical (unpaired) electrons. The Bertz CT molecular complexity index is 2670. The van der Waals surface area contributed by atoms with E-state index < -0.39 is 0 Å². The average Bonchev–Trinajstić information content (AvgIpc) is 3.37. The molecule has 8 aromatic rings. The number of benzene rings is 6. The molecule has 0 unspecified atom stereocenters. The normalized spacial score (nSPS) is 14.9. The van der Waals surface area contributed by atoms with E-state index in [2.05, 4.69) is 163 Å². The summed E-state index contributed by atoms with van der Waals surface area (Å²) >= 11 is 0. The van der Waals surface area contributed by atoms with E-state index in [1.165, 1.54) is 11.1 Å². The van der Waals surface area contributed by atoms with Crippen LogP contribution in [0.4, 0.5) is 0 Å². The summed E-state index contributed by atoms with van der Waals surface area (Å²) in [7, 11) is 0. The first-order valence-electron chi connectivity index (χ1n) is 19.8. The maximum absolute atomic E-state index is 5.18. The Morgan fingerprint density at radius 1 is 0.316 bits per heavy atom. The fourth-order valence-corrected chi connectivity index (χ4v) is 8.50. The summed E-state index contributed by atoms with van der Waals surface area (Å²) in [6, 6.07) is 57.4. The van der Waals surface area contributed by atoms with Gasteiger partial charge in [0, 0.05) is 34.0 Å². The van der Waals surface area contributed by atoms with Gasteiger partial charge < -0.3 is 0 Å². The predicted octanol–water partition coefficient (Wildman–Crippen LogP) is 13.5. The molecule has 4 nitrogen and oxygen atoms in total. The van der Waals surface area contributed by atoms with E-state index in [1.807, 2.05) is 48.7 Å². The van der Waals surface area contributed by atoms with Crippen LogP contribution in [0.2, 0.25) is 0 Å². The zero-order valence-corrected chi connectivity index (χ0v) is 33.5. The molecule has 0 aliphatic heterocycles. The van der Waals surface area contributed by atoms with Crippen LogP contribution in [-0.4, -0.2) is 19.9 Å². The molecule has 1 aliphatic rings. The summed E-state index contributed by atoms with van der Waals surface area (Å²) in [4.78, 5) is 20.4. The van der Waals surface area contributed by atoms with Crippen LogP contribution >= 0.6 is 0 Å². The van der Waals surface area contributed by atoms with E-state index in [9.17, 15) is 0 Å². The van der Waals surface area contributed by atoms with E-state index in [0.717, 1.165) is 61.3 Å². The van der Waals surface area contributed by atoms with Crippen molar-refractivity contribution in [3.63, 3.8) is 0 Å². The smallest absolute Gasteiger partial charge is 0.164 e. The average molecular weight is 739 g/mol. The Balaban J connectivity index is 1.11. The lowest BCUT2D eigenvalue weighted by Gasteiger charge is -2.44. The molecule has 0 saturated carbocycles. The van der Waals surface area contributed by atoms with E-state index in [0.29, 0.717) is 17.5 Å². The van der Waals surface area contributed by atoms with Gasteiger partial charge in [-0.15, -0.1) is 0 Å². The van der Waals surface area contributed by atoms with Gasteiger partial charge in [-0.2, -0.15) is 0 Å². The minimum absolute atomic E-state index is 0.0341. The Kier molecular flexibility index (Phi) is 8.81. The lowest BCUT2D eigenvalue weighted by molar-refractivity contribution is 0.125. The van der Waals surface area contributed by atoms with Gasteiger partial charge in [0.05, 0.1) is 5.69 Å². The van der Waals surface area contributed by atoms with Crippen LogP contribution in [0.5, 0.6) is 0 Å². The molecule has 0 amide bonds. The molecule has 6 aromatic carbocycles. The van der Waals surface area contributed by atoms with Gasteiger partial charge in [-0.1, -0.05) is 169 Å². The Hall–Kier alpha value is -6.52. The van der Waals surface area contributed by atoms with Crippen molar-refractivity contribution in [2.45, 2.75) is 52.4 Å². The molecule has 1 aliphatic carbocycles. The van der Waals surface area contributed by atoms with Gasteiger partial charge in [0.25, 0.3) is 0 Å². The van der Waals surface area contributed by atoms with E-state index in [4.69, 9.17) is 19.9 Å². The van der Waals surface area contributed by atoms with E-state index >= 15 is 0 Å². The monoisotopic (exact) mass is 738 g/mol. The molecule has 2 aromatic heterocycles. The number of pyridine rings is 1. The van der Waals surface area contributed by atoms with Gasteiger partial charge in [0.15, 0.2) is 17.5 Å². The summed E-state index contributed by atoms with van der Waals surface area (Å²) in [5, 5.41) is 0. The predicted molar refractivity (Wildman–Crippen MR) is 236 cm³/mol. The fraction of sp³-hybridized carbons (Fsp3) is 0.170. The summed E-state index contributed by atoms with van der Waals surface area (Å²) in [6.45, 7) is 14.3. The highest BCUT2D eigenvalue weighted by molar-refractivity contribution is 5.81. The van der Waals surface area contributed by atoms with Gasteiger partial charge in [0.1, 0.15) is 0 Å². The van der Waals surface area contributed by atoms with Gasteiger partial charge in [-0.05, 0) is 91.6 Å². The number of fused-ring (bicyclic) bond motifs is 1. The zero-order valence-electron chi connectivity index (χ0n) is 33.5. The molecule has 0 fully saturated rings. The van der Waals surface area contributed by atoms with Crippen molar-refractivity contribution >= 4 is 0 Å². The van der Waals surface area contributed by atoms with Gasteiger partial charge >= 0.3 is 0 Å². The Morgan fingerprint density at radius 2 is 0.772 bits per heavy atom.